The average Bonchev–Trinajstić information content (AvgIpc) is 3.47. The average molecular weight is 484 g/mol. The van der Waals surface area contributed by atoms with Gasteiger partial charge in [0.05, 0.1) is 17.7 Å². The van der Waals surface area contributed by atoms with Crippen LogP contribution in [0.4, 0.5) is 11.8 Å². The Balaban J connectivity index is 1.41. The smallest absolute Gasteiger partial charge is 0.243 e. The maximum absolute atomic E-state index is 13.8. The van der Waals surface area contributed by atoms with Crippen molar-refractivity contribution in [2.45, 2.75) is 63.5 Å². The Bertz CT molecular complexity index is 1240. The van der Waals surface area contributed by atoms with E-state index in [9.17, 15) is 10.1 Å². The molecule has 1 saturated carbocycles. The lowest BCUT2D eigenvalue weighted by Gasteiger charge is -2.33. The molecule has 2 aliphatic rings. The molecule has 3 N–H and O–H groups in total. The molecule has 1 fully saturated rings. The predicted octanol–water partition coefficient (Wildman–Crippen LogP) is 4.74. The van der Waals surface area contributed by atoms with E-state index < -0.39 is 0 Å². The van der Waals surface area contributed by atoms with E-state index in [2.05, 4.69) is 32.0 Å². The number of rotatable bonds is 7. The third-order valence-corrected chi connectivity index (χ3v) is 7.42. The molecular formula is C28H33N7O. The number of aryl methyl sites for hydroxylation is 1. The number of aromatic nitrogens is 3. The van der Waals surface area contributed by atoms with Crippen molar-refractivity contribution in [3.05, 3.63) is 65.5 Å². The summed E-state index contributed by atoms with van der Waals surface area (Å²) < 4.78 is 1.93. The molecule has 3 aromatic rings. The predicted molar refractivity (Wildman–Crippen MR) is 140 cm³/mol. The highest BCUT2D eigenvalue weighted by atomic mass is 16.2. The van der Waals surface area contributed by atoms with Gasteiger partial charge in [-0.2, -0.15) is 15.2 Å². The molecule has 8 nitrogen and oxygen atoms in total. The molecule has 0 radical (unpaired) electrons. The fourth-order valence-corrected chi connectivity index (χ4v) is 5.56. The Labute approximate surface area is 212 Å². The molecule has 0 saturated heterocycles. The van der Waals surface area contributed by atoms with E-state index in [-0.39, 0.29) is 23.9 Å². The van der Waals surface area contributed by atoms with Crippen molar-refractivity contribution in [3.63, 3.8) is 0 Å². The van der Waals surface area contributed by atoms with E-state index in [1.54, 1.807) is 7.05 Å². The van der Waals surface area contributed by atoms with Gasteiger partial charge in [0, 0.05) is 25.5 Å². The Hall–Kier alpha value is -3.86. The second kappa shape index (κ2) is 10.8. The van der Waals surface area contributed by atoms with E-state index in [0.29, 0.717) is 17.3 Å². The summed E-state index contributed by atoms with van der Waals surface area (Å²) in [5.74, 6) is 2.12. The standard InChI is InChI=1S/C28H33N7O/c1-30-28-33-24(17-25(34-28)35-14-5-6-15-35)32-26(20-8-3-2-4-9-20)27(36)31-23-11-7-10-21-16-19(18-29)12-13-22(21)23/h5-6,12-17,20,23,26H,2-4,7-11H2,1H3,(H,31,36)(H2,30,32,33,34)/t23-,26-/m1/s1. The van der Waals surface area contributed by atoms with Crippen molar-refractivity contribution in [1.29, 1.82) is 5.26 Å². The van der Waals surface area contributed by atoms with Gasteiger partial charge in [0.25, 0.3) is 0 Å². The molecule has 1 aromatic carbocycles. The maximum atomic E-state index is 13.8. The molecule has 0 bridgehead atoms. The van der Waals surface area contributed by atoms with E-state index >= 15 is 0 Å². The summed E-state index contributed by atoms with van der Waals surface area (Å²) in [6, 6.07) is 13.4. The van der Waals surface area contributed by atoms with Gasteiger partial charge in [-0.05, 0) is 73.4 Å². The topological polar surface area (TPSA) is 108 Å². The Kier molecular flexibility index (Phi) is 7.17. The fraction of sp³-hybridized carbons (Fsp3) is 0.429. The number of nitriles is 1. The minimum atomic E-state index is -0.383. The van der Waals surface area contributed by atoms with Crippen LogP contribution in [0.5, 0.6) is 0 Å². The number of hydrogen-bond donors (Lipinski definition) is 3. The number of amides is 1. The first-order chi connectivity index (χ1) is 17.6. The molecule has 1 amide bonds. The van der Waals surface area contributed by atoms with Crippen molar-refractivity contribution < 1.29 is 4.79 Å². The zero-order chi connectivity index (χ0) is 24.9. The molecule has 5 rings (SSSR count). The van der Waals surface area contributed by atoms with Gasteiger partial charge < -0.3 is 20.5 Å². The van der Waals surface area contributed by atoms with Crippen molar-refractivity contribution >= 4 is 17.7 Å². The van der Waals surface area contributed by atoms with Crippen molar-refractivity contribution in [2.24, 2.45) is 5.92 Å². The number of anilines is 2. The second-order valence-electron chi connectivity index (χ2n) is 9.77. The Morgan fingerprint density at radius 1 is 1.08 bits per heavy atom. The molecule has 2 atom stereocenters. The van der Waals surface area contributed by atoms with Gasteiger partial charge >= 0.3 is 0 Å². The molecule has 36 heavy (non-hydrogen) atoms. The van der Waals surface area contributed by atoms with Crippen LogP contribution in [0, 0.1) is 17.2 Å². The third kappa shape index (κ3) is 5.20. The van der Waals surface area contributed by atoms with Crippen molar-refractivity contribution in [1.82, 2.24) is 19.9 Å². The van der Waals surface area contributed by atoms with Crippen LogP contribution >= 0.6 is 0 Å². The minimum Gasteiger partial charge on any atom is -0.358 e. The van der Waals surface area contributed by atoms with Crippen LogP contribution in [-0.2, 0) is 11.2 Å². The highest BCUT2D eigenvalue weighted by Crippen LogP contribution is 2.32. The maximum Gasteiger partial charge on any atom is 0.243 e. The highest BCUT2D eigenvalue weighted by Gasteiger charge is 2.32. The second-order valence-corrected chi connectivity index (χ2v) is 9.77. The molecule has 2 heterocycles. The number of fused-ring (bicyclic) bond motifs is 1. The lowest BCUT2D eigenvalue weighted by molar-refractivity contribution is -0.124. The molecule has 2 aliphatic carbocycles. The minimum absolute atomic E-state index is 0.0104. The summed E-state index contributed by atoms with van der Waals surface area (Å²) in [6.45, 7) is 0. The highest BCUT2D eigenvalue weighted by molar-refractivity contribution is 5.85. The Morgan fingerprint density at radius 3 is 2.64 bits per heavy atom. The normalized spacial score (nSPS) is 18.5. The number of carbonyl (C=O) groups excluding carboxylic acids is 1. The van der Waals surface area contributed by atoms with Gasteiger partial charge in [-0.15, -0.1) is 0 Å². The molecule has 8 heteroatoms. The quantitative estimate of drug-likeness (QED) is 0.448. The largest absolute Gasteiger partial charge is 0.358 e. The van der Waals surface area contributed by atoms with Gasteiger partial charge in [-0.25, -0.2) is 0 Å². The van der Waals surface area contributed by atoms with E-state index in [4.69, 9.17) is 0 Å². The fourth-order valence-electron chi connectivity index (χ4n) is 5.56. The first kappa shape index (κ1) is 23.9. The molecule has 186 valence electrons. The van der Waals surface area contributed by atoms with Gasteiger partial charge in [0.1, 0.15) is 17.7 Å². The van der Waals surface area contributed by atoms with Crippen LogP contribution in [0.2, 0.25) is 0 Å². The zero-order valence-corrected chi connectivity index (χ0v) is 20.7. The van der Waals surface area contributed by atoms with Gasteiger partial charge in [-0.1, -0.05) is 25.3 Å². The number of nitrogens with one attached hydrogen (secondary N) is 3. The van der Waals surface area contributed by atoms with Crippen molar-refractivity contribution in [3.8, 4) is 11.9 Å². The summed E-state index contributed by atoms with van der Waals surface area (Å²) >= 11 is 0. The van der Waals surface area contributed by atoms with Gasteiger partial charge in [0.2, 0.25) is 11.9 Å². The van der Waals surface area contributed by atoms with Crippen LogP contribution in [0.1, 0.15) is 67.7 Å². The van der Waals surface area contributed by atoms with Gasteiger partial charge in [-0.3, -0.25) is 4.79 Å². The summed E-state index contributed by atoms with van der Waals surface area (Å²) in [5, 5.41) is 19.2. The summed E-state index contributed by atoms with van der Waals surface area (Å²) in [6.07, 6.45) is 12.2. The molecule has 0 unspecified atom stereocenters. The van der Waals surface area contributed by atoms with Crippen LogP contribution in [0.15, 0.2) is 48.8 Å². The summed E-state index contributed by atoms with van der Waals surface area (Å²) in [5.41, 5.74) is 2.97. The third-order valence-electron chi connectivity index (χ3n) is 7.42. The van der Waals surface area contributed by atoms with Crippen LogP contribution in [0.25, 0.3) is 5.82 Å². The van der Waals surface area contributed by atoms with Crippen molar-refractivity contribution in [2.75, 3.05) is 17.7 Å². The van der Waals surface area contributed by atoms with E-state index in [0.717, 1.165) is 56.3 Å². The van der Waals surface area contributed by atoms with E-state index in [1.807, 2.05) is 53.4 Å². The number of hydrogen-bond acceptors (Lipinski definition) is 6. The lowest BCUT2D eigenvalue weighted by atomic mass is 9.82. The SMILES string of the molecule is CNc1nc(N[C@@H](C(=O)N[C@@H]2CCCc3cc(C#N)ccc32)C2CCCCC2)cc(-n2cccc2)n1. The molecule has 2 aromatic heterocycles. The lowest BCUT2D eigenvalue weighted by Crippen LogP contribution is -2.47. The first-order valence-electron chi connectivity index (χ1n) is 12.9. The number of nitrogens with zero attached hydrogens (tertiary/aromatic N) is 4. The number of benzene rings is 1. The summed E-state index contributed by atoms with van der Waals surface area (Å²) in [7, 11) is 1.79. The van der Waals surface area contributed by atoms with E-state index in [1.165, 1.54) is 12.0 Å². The first-order valence-corrected chi connectivity index (χ1v) is 12.9. The summed E-state index contributed by atoms with van der Waals surface area (Å²) in [4.78, 5) is 23.0. The zero-order valence-electron chi connectivity index (χ0n) is 20.7. The van der Waals surface area contributed by atoms with Gasteiger partial charge in [0.15, 0.2) is 0 Å². The van der Waals surface area contributed by atoms with Crippen LogP contribution < -0.4 is 16.0 Å². The number of carbonyl (C=O) groups is 1. The van der Waals surface area contributed by atoms with Crippen LogP contribution in [0.3, 0.4) is 0 Å². The van der Waals surface area contributed by atoms with Crippen LogP contribution in [-0.4, -0.2) is 33.5 Å². The Morgan fingerprint density at radius 2 is 1.89 bits per heavy atom. The molecule has 0 spiro atoms. The molecule has 0 aliphatic heterocycles. The monoisotopic (exact) mass is 483 g/mol. The molecular weight excluding hydrogens is 450 g/mol.